The molecule has 7 nitrogen and oxygen atoms in total. The zero-order valence-electron chi connectivity index (χ0n) is 17.9. The molecule has 5 rings (SSSR count). The van der Waals surface area contributed by atoms with E-state index in [1.54, 1.807) is 0 Å². The van der Waals surface area contributed by atoms with Gasteiger partial charge in [0.1, 0.15) is 12.4 Å². The molecule has 0 spiro atoms. The van der Waals surface area contributed by atoms with Crippen LogP contribution in [0.2, 0.25) is 0 Å². The molecule has 0 fully saturated rings. The van der Waals surface area contributed by atoms with Crippen LogP contribution in [0.25, 0.3) is 0 Å². The number of H-pyrrole nitrogens is 1. The number of alkyl halides is 3. The Labute approximate surface area is 194 Å². The number of nitrogens with one attached hydrogen (secondary N) is 2. The largest absolute Gasteiger partial charge is 0.573 e. The molecule has 0 saturated carbocycles. The second kappa shape index (κ2) is 8.38. The van der Waals surface area contributed by atoms with Gasteiger partial charge in [0, 0.05) is 43.0 Å². The van der Waals surface area contributed by atoms with Gasteiger partial charge in [-0.25, -0.2) is 8.78 Å². The van der Waals surface area contributed by atoms with E-state index in [0.29, 0.717) is 29.2 Å². The van der Waals surface area contributed by atoms with Crippen molar-refractivity contribution in [3.63, 3.8) is 0 Å². The van der Waals surface area contributed by atoms with Gasteiger partial charge >= 0.3 is 6.36 Å². The summed E-state index contributed by atoms with van der Waals surface area (Å²) in [5.41, 5.74) is 1.09. The van der Waals surface area contributed by atoms with Crippen LogP contribution in [0, 0.1) is 11.6 Å². The lowest BCUT2D eigenvalue weighted by atomic mass is 10.0. The molecule has 1 aromatic heterocycles. The van der Waals surface area contributed by atoms with E-state index in [1.165, 1.54) is 34.1 Å². The van der Waals surface area contributed by atoms with Crippen LogP contribution in [0.3, 0.4) is 0 Å². The number of aromatic nitrogens is 1. The van der Waals surface area contributed by atoms with Crippen LogP contribution in [-0.4, -0.2) is 30.5 Å². The molecule has 0 atom stereocenters. The van der Waals surface area contributed by atoms with Crippen molar-refractivity contribution in [3.05, 3.63) is 81.3 Å². The number of rotatable bonds is 1. The van der Waals surface area contributed by atoms with Gasteiger partial charge in [0.25, 0.3) is 5.91 Å². The quantitative estimate of drug-likeness (QED) is 0.503. The highest BCUT2D eigenvalue weighted by Crippen LogP contribution is 2.40. The molecule has 2 aliphatic rings. The Hall–Kier alpha value is -3.93. The molecule has 0 aliphatic carbocycles. The number of amides is 1. The molecule has 12 heteroatoms. The zero-order valence-corrected chi connectivity index (χ0v) is 17.9. The van der Waals surface area contributed by atoms with Crippen LogP contribution in [0.15, 0.2) is 47.3 Å². The van der Waals surface area contributed by atoms with Crippen molar-refractivity contribution >= 4 is 23.0 Å². The third-order valence-corrected chi connectivity index (χ3v) is 5.80. The van der Waals surface area contributed by atoms with Crippen molar-refractivity contribution in [1.82, 2.24) is 10.3 Å². The predicted octanol–water partition coefficient (Wildman–Crippen LogP) is 3.95. The third kappa shape index (κ3) is 4.32. The Morgan fingerprint density at radius 1 is 0.886 bits per heavy atom. The van der Waals surface area contributed by atoms with E-state index in [1.807, 2.05) is 0 Å². The number of hydrogen-bond acceptors (Lipinski definition) is 5. The van der Waals surface area contributed by atoms with Gasteiger partial charge in [0.2, 0.25) is 5.56 Å². The summed E-state index contributed by atoms with van der Waals surface area (Å²) in [6, 6.07) is 8.05. The number of hydrogen-bond donors (Lipinski definition) is 2. The number of anilines is 3. The Balaban J connectivity index is 1.72. The van der Waals surface area contributed by atoms with E-state index in [4.69, 9.17) is 0 Å². The van der Waals surface area contributed by atoms with Crippen molar-refractivity contribution in [2.24, 2.45) is 0 Å². The molecule has 3 heterocycles. The highest BCUT2D eigenvalue weighted by molar-refractivity contribution is 6.12. The highest BCUT2D eigenvalue weighted by Gasteiger charge is 2.36. The van der Waals surface area contributed by atoms with Crippen LogP contribution in [0.5, 0.6) is 5.75 Å². The number of nitrogens with zero attached hydrogens (tertiary/aromatic N) is 2. The highest BCUT2D eigenvalue weighted by atomic mass is 19.4. The molecule has 3 aromatic rings. The van der Waals surface area contributed by atoms with Gasteiger partial charge in [0.05, 0.1) is 16.9 Å². The Morgan fingerprint density at radius 2 is 1.63 bits per heavy atom. The SMILES string of the molecule is O=C1c2cc(F)c(F)cc2N2CN1c1ccc(=O)[nH]c1CCNCc1cc(OC(F)(F)F)ccc12. The van der Waals surface area contributed by atoms with Gasteiger partial charge in [-0.3, -0.25) is 14.5 Å². The first-order chi connectivity index (χ1) is 16.6. The molecule has 2 aromatic carbocycles. The molecule has 2 N–H and O–H groups in total. The van der Waals surface area contributed by atoms with E-state index < -0.39 is 29.7 Å². The van der Waals surface area contributed by atoms with Crippen molar-refractivity contribution in [2.75, 3.05) is 23.0 Å². The summed E-state index contributed by atoms with van der Waals surface area (Å²) in [5.74, 6) is -3.47. The second-order valence-electron chi connectivity index (χ2n) is 8.04. The zero-order chi connectivity index (χ0) is 24.9. The van der Waals surface area contributed by atoms with Crippen LogP contribution >= 0.6 is 0 Å². The molecular weight excluding hydrogens is 475 g/mol. The molecule has 0 radical (unpaired) electrons. The summed E-state index contributed by atoms with van der Waals surface area (Å²) in [7, 11) is 0. The van der Waals surface area contributed by atoms with E-state index in [2.05, 4.69) is 15.0 Å². The van der Waals surface area contributed by atoms with Gasteiger partial charge in [0.15, 0.2) is 11.6 Å². The first-order valence-corrected chi connectivity index (χ1v) is 10.5. The number of benzene rings is 2. The van der Waals surface area contributed by atoms with Crippen molar-refractivity contribution < 1.29 is 31.5 Å². The number of ether oxygens (including phenoxy) is 1. The summed E-state index contributed by atoms with van der Waals surface area (Å²) in [6.07, 6.45) is -4.61. The maximum absolute atomic E-state index is 14.2. The molecule has 0 saturated heterocycles. The van der Waals surface area contributed by atoms with Crippen LogP contribution in [0.1, 0.15) is 21.6 Å². The molecule has 2 aliphatic heterocycles. The average Bonchev–Trinajstić information content (AvgIpc) is 2.80. The lowest BCUT2D eigenvalue weighted by molar-refractivity contribution is -0.274. The predicted molar refractivity (Wildman–Crippen MR) is 116 cm³/mol. The van der Waals surface area contributed by atoms with Crippen molar-refractivity contribution in [2.45, 2.75) is 19.3 Å². The first kappa shape index (κ1) is 22.8. The Bertz CT molecular complexity index is 1390. The average molecular weight is 492 g/mol. The van der Waals surface area contributed by atoms with Gasteiger partial charge in [-0.15, -0.1) is 13.2 Å². The summed E-state index contributed by atoms with van der Waals surface area (Å²) >= 11 is 0. The minimum atomic E-state index is -4.90. The summed E-state index contributed by atoms with van der Waals surface area (Å²) in [4.78, 5) is 30.8. The van der Waals surface area contributed by atoms with Crippen molar-refractivity contribution in [3.8, 4) is 5.75 Å². The fourth-order valence-corrected chi connectivity index (χ4v) is 4.30. The van der Waals surface area contributed by atoms with E-state index in [0.717, 1.165) is 18.2 Å². The molecule has 1 amide bonds. The normalized spacial score (nSPS) is 15.6. The Morgan fingerprint density at radius 3 is 2.40 bits per heavy atom. The van der Waals surface area contributed by atoms with Gasteiger partial charge in [-0.2, -0.15) is 0 Å². The minimum Gasteiger partial charge on any atom is -0.406 e. The van der Waals surface area contributed by atoms with Gasteiger partial charge in [-0.1, -0.05) is 0 Å². The number of carbonyl (C=O) groups is 1. The first-order valence-electron chi connectivity index (χ1n) is 10.5. The maximum Gasteiger partial charge on any atom is 0.573 e. The summed E-state index contributed by atoms with van der Waals surface area (Å²) < 4.78 is 70.9. The third-order valence-electron chi connectivity index (χ3n) is 5.80. The standard InChI is InChI=1S/C23H17F5N4O3/c24-15-8-14-20(9-16(15)25)31-11-32(22(14)34)19-3-4-21(33)30-17(19)5-6-29-10-12-7-13(1-2-18(12)31)35-23(26,27)28/h1-4,7-9,29H,5-6,10-11H2,(H,30,33). The van der Waals surface area contributed by atoms with E-state index in [-0.39, 0.29) is 36.4 Å². The minimum absolute atomic E-state index is 0.0566. The van der Waals surface area contributed by atoms with E-state index in [9.17, 15) is 31.5 Å². The molecule has 0 unspecified atom stereocenters. The van der Waals surface area contributed by atoms with E-state index >= 15 is 0 Å². The fraction of sp³-hybridized carbons (Fsp3) is 0.217. The maximum atomic E-state index is 14.2. The van der Waals surface area contributed by atoms with Gasteiger partial charge < -0.3 is 19.9 Å². The number of carbonyl (C=O) groups excluding carboxylic acids is 1. The molecular formula is C23H17F5N4O3. The summed E-state index contributed by atoms with van der Waals surface area (Å²) in [5, 5.41) is 3.10. The van der Waals surface area contributed by atoms with Crippen molar-refractivity contribution in [1.29, 1.82) is 0 Å². The molecule has 2 bridgehead atoms. The van der Waals surface area contributed by atoms with Crippen LogP contribution in [-0.2, 0) is 13.0 Å². The smallest absolute Gasteiger partial charge is 0.406 e. The lowest BCUT2D eigenvalue weighted by Gasteiger charge is -2.39. The van der Waals surface area contributed by atoms with Gasteiger partial charge in [-0.05, 0) is 35.9 Å². The summed E-state index contributed by atoms with van der Waals surface area (Å²) in [6.45, 7) is 0.248. The molecule has 182 valence electrons. The fourth-order valence-electron chi connectivity index (χ4n) is 4.30. The number of pyridine rings is 1. The van der Waals surface area contributed by atoms with Crippen LogP contribution in [0.4, 0.5) is 39.0 Å². The molecule has 35 heavy (non-hydrogen) atoms. The monoisotopic (exact) mass is 492 g/mol. The Kier molecular flexibility index (Phi) is 5.47. The number of fused-ring (bicyclic) bond motifs is 8. The number of halogens is 5. The van der Waals surface area contributed by atoms with Crippen LogP contribution < -0.4 is 25.4 Å². The lowest BCUT2D eigenvalue weighted by Crippen LogP contribution is -2.46. The topological polar surface area (TPSA) is 77.7 Å². The second-order valence-corrected chi connectivity index (χ2v) is 8.04. The number of aromatic amines is 1.